The lowest BCUT2D eigenvalue weighted by Gasteiger charge is -2.38. The van der Waals surface area contributed by atoms with Gasteiger partial charge in [0.2, 0.25) is 15.9 Å². The van der Waals surface area contributed by atoms with E-state index < -0.39 is 28.0 Å². The largest absolute Gasteiger partial charge is 0.394 e. The molecule has 0 fully saturated rings. The molecule has 2 atom stereocenters. The van der Waals surface area contributed by atoms with Gasteiger partial charge in [0, 0.05) is 13.1 Å². The molecule has 0 bridgehead atoms. The number of rotatable bonds is 9. The summed E-state index contributed by atoms with van der Waals surface area (Å²) in [6.07, 6.45) is 1.08. The molecule has 1 unspecified atom stereocenters. The molecule has 9 nitrogen and oxygen atoms in total. The van der Waals surface area contributed by atoms with Crippen LogP contribution in [0.2, 0.25) is 0 Å². The first-order valence-electron chi connectivity index (χ1n) is 11.8. The van der Waals surface area contributed by atoms with E-state index >= 15 is 0 Å². The van der Waals surface area contributed by atoms with Gasteiger partial charge in [0.1, 0.15) is 6.04 Å². The third-order valence-electron chi connectivity index (χ3n) is 6.42. The fraction of sp³-hybridized carbons (Fsp3) is 0.308. The number of nitrogens with zero attached hydrogens (tertiary/aromatic N) is 2. The number of sulfonamides is 1. The van der Waals surface area contributed by atoms with Crippen molar-refractivity contribution in [1.29, 1.82) is 0 Å². The monoisotopic (exact) mass is 509 g/mol. The summed E-state index contributed by atoms with van der Waals surface area (Å²) in [6.45, 7) is 0.330. The van der Waals surface area contributed by atoms with Gasteiger partial charge in [0.05, 0.1) is 17.5 Å². The Labute approximate surface area is 210 Å². The predicted octanol–water partition coefficient (Wildman–Crippen LogP) is 1.49. The van der Waals surface area contributed by atoms with E-state index in [1.807, 2.05) is 48.5 Å². The van der Waals surface area contributed by atoms with Crippen LogP contribution >= 0.6 is 0 Å². The average molecular weight is 510 g/mol. The smallest absolute Gasteiger partial charge is 0.241 e. The van der Waals surface area contributed by atoms with Gasteiger partial charge in [0.25, 0.3) is 0 Å². The van der Waals surface area contributed by atoms with E-state index in [9.17, 15) is 18.3 Å². The third kappa shape index (κ3) is 5.84. The molecule has 10 heteroatoms. The van der Waals surface area contributed by atoms with Crippen molar-refractivity contribution in [3.63, 3.8) is 0 Å². The summed E-state index contributed by atoms with van der Waals surface area (Å²) in [6, 6.07) is 18.6. The van der Waals surface area contributed by atoms with E-state index in [0.717, 1.165) is 21.9 Å². The minimum absolute atomic E-state index is 0.0670. The zero-order valence-corrected chi connectivity index (χ0v) is 20.7. The maximum atomic E-state index is 13.7. The Morgan fingerprint density at radius 1 is 1.06 bits per heavy atom. The summed E-state index contributed by atoms with van der Waals surface area (Å²) >= 11 is 0. The quantitative estimate of drug-likeness (QED) is 0.195. The standard InChI is InChI=1S/C26H31N5O4S/c27-26(28)29-13-5-10-24(25(33)31-16-21-9-4-3-7-19(21)14-22(31)17-32)30-36(34,35)23-12-11-18-6-1-2-8-20(18)15-23/h1-4,6-9,11-12,15,22,24,30,32H,5,10,13-14,16-17H2,(H4,27,28,29)/t22?,24-/m0/s1. The zero-order valence-electron chi connectivity index (χ0n) is 19.9. The molecule has 4 rings (SSSR count). The first kappa shape index (κ1) is 25.6. The minimum atomic E-state index is -4.02. The summed E-state index contributed by atoms with van der Waals surface area (Å²) in [5.41, 5.74) is 12.9. The molecule has 1 amide bonds. The van der Waals surface area contributed by atoms with E-state index in [-0.39, 0.29) is 30.4 Å². The van der Waals surface area contributed by atoms with Crippen LogP contribution in [-0.2, 0) is 27.8 Å². The number of carbonyl (C=O) groups excluding carboxylic acids is 1. The lowest BCUT2D eigenvalue weighted by Crippen LogP contribution is -2.54. The van der Waals surface area contributed by atoms with Crippen molar-refractivity contribution in [3.05, 3.63) is 77.9 Å². The van der Waals surface area contributed by atoms with Gasteiger partial charge in [0.15, 0.2) is 5.96 Å². The Bertz CT molecular complexity index is 1370. The molecule has 0 radical (unpaired) electrons. The zero-order chi connectivity index (χ0) is 25.7. The van der Waals surface area contributed by atoms with Crippen molar-refractivity contribution in [1.82, 2.24) is 9.62 Å². The van der Waals surface area contributed by atoms with Gasteiger partial charge in [-0.3, -0.25) is 9.79 Å². The van der Waals surface area contributed by atoms with Crippen LogP contribution in [-0.4, -0.2) is 55.5 Å². The van der Waals surface area contributed by atoms with Crippen molar-refractivity contribution in [2.75, 3.05) is 13.2 Å². The highest BCUT2D eigenvalue weighted by Crippen LogP contribution is 2.25. The van der Waals surface area contributed by atoms with E-state index in [0.29, 0.717) is 19.4 Å². The fourth-order valence-electron chi connectivity index (χ4n) is 4.53. The van der Waals surface area contributed by atoms with E-state index in [4.69, 9.17) is 11.5 Å². The number of hydrogen-bond donors (Lipinski definition) is 4. The molecule has 3 aromatic rings. The van der Waals surface area contributed by atoms with E-state index in [1.54, 1.807) is 17.0 Å². The molecule has 0 saturated carbocycles. The molecule has 6 N–H and O–H groups in total. The molecule has 190 valence electrons. The number of hydrogen-bond acceptors (Lipinski definition) is 5. The summed E-state index contributed by atoms with van der Waals surface area (Å²) in [5, 5.41) is 11.7. The van der Waals surface area contributed by atoms with Crippen LogP contribution in [0.1, 0.15) is 24.0 Å². The summed E-state index contributed by atoms with van der Waals surface area (Å²) in [4.78, 5) is 19.3. The maximum absolute atomic E-state index is 13.7. The highest BCUT2D eigenvalue weighted by Gasteiger charge is 2.35. The topological polar surface area (TPSA) is 151 Å². The number of nitrogens with one attached hydrogen (secondary N) is 1. The average Bonchev–Trinajstić information content (AvgIpc) is 2.88. The molecule has 36 heavy (non-hydrogen) atoms. The van der Waals surface area contributed by atoms with Crippen LogP contribution in [0.15, 0.2) is 76.6 Å². The number of aliphatic hydroxyl groups excluding tert-OH is 1. The van der Waals surface area contributed by atoms with Crippen LogP contribution in [0.25, 0.3) is 10.8 Å². The number of nitrogens with two attached hydrogens (primary N) is 2. The molecule has 0 saturated heterocycles. The van der Waals surface area contributed by atoms with Crippen molar-refractivity contribution in [3.8, 4) is 0 Å². The second-order valence-electron chi connectivity index (χ2n) is 8.91. The van der Waals surface area contributed by atoms with Gasteiger partial charge >= 0.3 is 0 Å². The summed E-state index contributed by atoms with van der Waals surface area (Å²) < 4.78 is 29.3. The number of aliphatic hydroxyl groups is 1. The number of amides is 1. The third-order valence-corrected chi connectivity index (χ3v) is 7.89. The highest BCUT2D eigenvalue weighted by molar-refractivity contribution is 7.89. The van der Waals surface area contributed by atoms with Gasteiger partial charge in [-0.05, 0) is 53.3 Å². The Kier molecular flexibility index (Phi) is 7.88. The normalized spacial score (nSPS) is 16.4. The molecule has 0 aliphatic carbocycles. The van der Waals surface area contributed by atoms with Crippen LogP contribution in [0.4, 0.5) is 0 Å². The number of aliphatic imine (C=N–C) groups is 1. The van der Waals surface area contributed by atoms with Crippen molar-refractivity contribution < 1.29 is 18.3 Å². The highest BCUT2D eigenvalue weighted by atomic mass is 32.2. The lowest BCUT2D eigenvalue weighted by atomic mass is 9.93. The van der Waals surface area contributed by atoms with Gasteiger partial charge in [-0.1, -0.05) is 54.6 Å². The number of carbonyl (C=O) groups is 1. The Morgan fingerprint density at radius 3 is 2.47 bits per heavy atom. The first-order chi connectivity index (χ1) is 17.3. The number of guanidine groups is 1. The van der Waals surface area contributed by atoms with E-state index in [1.165, 1.54) is 6.07 Å². The van der Waals surface area contributed by atoms with Gasteiger partial charge < -0.3 is 21.5 Å². The second kappa shape index (κ2) is 11.1. The molecule has 1 heterocycles. The Morgan fingerprint density at radius 2 is 1.75 bits per heavy atom. The Hall–Kier alpha value is -3.47. The number of benzene rings is 3. The molecule has 3 aromatic carbocycles. The van der Waals surface area contributed by atoms with Crippen molar-refractivity contribution >= 4 is 32.7 Å². The molecule has 0 aromatic heterocycles. The fourth-order valence-corrected chi connectivity index (χ4v) is 5.79. The molecule has 1 aliphatic heterocycles. The van der Waals surface area contributed by atoms with E-state index in [2.05, 4.69) is 9.71 Å². The van der Waals surface area contributed by atoms with Crippen LogP contribution in [0.3, 0.4) is 0 Å². The van der Waals surface area contributed by atoms with Gasteiger partial charge in [-0.25, -0.2) is 8.42 Å². The maximum Gasteiger partial charge on any atom is 0.241 e. The minimum Gasteiger partial charge on any atom is -0.394 e. The van der Waals surface area contributed by atoms with Gasteiger partial charge in [-0.2, -0.15) is 4.72 Å². The number of fused-ring (bicyclic) bond motifs is 2. The molecular weight excluding hydrogens is 478 g/mol. The molecule has 0 spiro atoms. The first-order valence-corrected chi connectivity index (χ1v) is 13.3. The predicted molar refractivity (Wildman–Crippen MR) is 140 cm³/mol. The summed E-state index contributed by atoms with van der Waals surface area (Å²) in [7, 11) is -4.02. The Balaban J connectivity index is 1.61. The second-order valence-corrected chi connectivity index (χ2v) is 10.6. The molecular formula is C26H31N5O4S. The van der Waals surface area contributed by atoms with Crippen LogP contribution in [0.5, 0.6) is 0 Å². The molecule has 1 aliphatic rings. The van der Waals surface area contributed by atoms with Crippen LogP contribution in [0, 0.1) is 0 Å². The summed E-state index contributed by atoms with van der Waals surface area (Å²) in [5.74, 6) is -0.458. The SMILES string of the molecule is NC(N)=NCCC[C@H](NS(=O)(=O)c1ccc2ccccc2c1)C(=O)N1Cc2ccccc2CC1CO. The van der Waals surface area contributed by atoms with Crippen molar-refractivity contribution in [2.24, 2.45) is 16.5 Å². The van der Waals surface area contributed by atoms with Crippen LogP contribution < -0.4 is 16.2 Å². The van der Waals surface area contributed by atoms with Crippen molar-refractivity contribution in [2.45, 2.75) is 42.8 Å². The lowest BCUT2D eigenvalue weighted by molar-refractivity contribution is -0.137. The van der Waals surface area contributed by atoms with Gasteiger partial charge in [-0.15, -0.1) is 0 Å².